The van der Waals surface area contributed by atoms with Crippen LogP contribution in [0.25, 0.3) is 0 Å². The second-order valence-corrected chi connectivity index (χ2v) is 1.34. The van der Waals surface area contributed by atoms with Gasteiger partial charge in [0.15, 0.2) is 0 Å². The molecule has 0 fully saturated rings. The zero-order valence-corrected chi connectivity index (χ0v) is 13.4. The predicted molar refractivity (Wildman–Crippen MR) is 74.4 cm³/mol. The van der Waals surface area contributed by atoms with Crippen molar-refractivity contribution in [2.45, 2.75) is 0 Å². The molecule has 0 saturated heterocycles. The van der Waals surface area contributed by atoms with Crippen LogP contribution in [0.1, 0.15) is 0 Å². The molecule has 152 valence electrons. The topological polar surface area (TPSA) is 414 Å². The Labute approximate surface area is 149 Å². The minimum Gasteiger partial charge on any atom is 4.00 e. The first-order chi connectivity index (χ1) is 11.4. The second kappa shape index (κ2) is 49.6. The van der Waals surface area contributed by atoms with Gasteiger partial charge in [0.2, 0.25) is 0 Å². The summed E-state index contributed by atoms with van der Waals surface area (Å²) < 4.78 is 8.06. The predicted octanol–water partition coefficient (Wildman–Crippen LogP) is -2.32. The quantitative estimate of drug-likeness (QED) is 0.215. The third-order valence-corrected chi connectivity index (χ3v) is 0. The van der Waals surface area contributed by atoms with Crippen molar-refractivity contribution in [3.05, 3.63) is 91.9 Å². The summed E-state index contributed by atoms with van der Waals surface area (Å²) in [5.74, 6) is 0. The van der Waals surface area contributed by atoms with E-state index in [1.54, 1.807) is 10.1 Å². The summed E-state index contributed by atoms with van der Waals surface area (Å²) in [6.07, 6.45) is 0. The molecule has 25 nitrogen and oxygen atoms in total. The Bertz CT molecular complexity index is 275. The fourth-order valence-electron chi connectivity index (χ4n) is 0. The van der Waals surface area contributed by atoms with Gasteiger partial charge < -0.3 is 91.9 Å². The Morgan fingerprint density at radius 3 is 0.333 bits per heavy atom. The second-order valence-electron chi connectivity index (χ2n) is 1.34. The van der Waals surface area contributed by atoms with Crippen molar-refractivity contribution in [1.82, 2.24) is 0 Å². The van der Waals surface area contributed by atoms with Crippen molar-refractivity contribution in [3.63, 3.8) is 0 Å². The van der Waals surface area contributed by atoms with E-state index >= 15 is 0 Å². The van der Waals surface area contributed by atoms with Crippen molar-refractivity contribution < 1.29 is 35.0 Å². The summed E-state index contributed by atoms with van der Waals surface area (Å²) in [6, 6.07) is 0. The van der Waals surface area contributed by atoms with Crippen LogP contribution < -0.4 is 0 Å². The van der Waals surface area contributed by atoms with E-state index in [-0.39, 0.29) is 11.0 Å². The first-order valence-corrected chi connectivity index (χ1v) is 3.90. The molecule has 0 spiro atoms. The minimum absolute atomic E-state index is 0. The molecule has 0 atom stereocenters. The first-order valence-electron chi connectivity index (χ1n) is 3.49. The molecule has 0 unspecified atom stereocenters. The molecule has 0 aromatic carbocycles. The van der Waals surface area contributed by atoms with Gasteiger partial charge in [-0.2, -0.15) is 0 Å². The Morgan fingerprint density at radius 2 is 0.333 bits per heavy atom. The van der Waals surface area contributed by atoms with Crippen LogP contribution >= 0.6 is 0 Å². The van der Waals surface area contributed by atoms with Gasteiger partial charge in [0.1, 0.15) is 0 Å². The van der Waals surface area contributed by atoms with Crippen LogP contribution in [0.15, 0.2) is 0 Å². The molecule has 0 aliphatic carbocycles. The maximum absolute atomic E-state index is 8.25. The van der Waals surface area contributed by atoms with E-state index in [2.05, 4.69) is 0 Å². The standard InChI is InChI=1S/6NO3.OSi.Si/c6*2-1(3)4;1-2;/q6*-1;+2;+4. The summed E-state index contributed by atoms with van der Waals surface area (Å²) >= 11 is 0. The molecule has 0 amide bonds. The van der Waals surface area contributed by atoms with Crippen molar-refractivity contribution >= 4 is 21.1 Å². The monoisotopic (exact) mass is 444 g/mol. The maximum Gasteiger partial charge on any atom is 4.00 e. The fraction of sp³-hybridized carbons (Fsp3) is 0. The molecule has 0 aromatic rings. The van der Waals surface area contributed by atoms with Gasteiger partial charge in [0.05, 0.1) is 30.5 Å². The molecule has 0 aliphatic heterocycles. The molecular formula is N6O19Si2. The van der Waals surface area contributed by atoms with E-state index in [1.165, 1.54) is 0 Å². The normalized spacial score (nSPS) is 5.56. The SMILES string of the molecule is O=[N+]([O-])[O-].O=[N+]([O-])[O-].O=[N+]([O-])[O-].O=[N+]([O-])[O-].O=[N+]([O-])[O-].O=[N+]([O-])[O-].O=[Si+2].[Si+4]. The third-order valence-electron chi connectivity index (χ3n) is 0. The molecule has 0 radical (unpaired) electrons. The average Bonchev–Trinajstić information content (AvgIpc) is 2.25. The maximum atomic E-state index is 8.25. The Hall–Kier alpha value is -4.57. The van der Waals surface area contributed by atoms with Gasteiger partial charge in [-0.3, -0.25) is 0 Å². The van der Waals surface area contributed by atoms with Crippen LogP contribution in [0.2, 0.25) is 0 Å². The molecule has 0 saturated carbocycles. The summed E-state index contributed by atoms with van der Waals surface area (Å²) in [5, 5.41) is 88.5. The van der Waals surface area contributed by atoms with E-state index in [0.29, 0.717) is 0 Å². The number of hydrogen-bond acceptors (Lipinski definition) is 19. The van der Waals surface area contributed by atoms with Crippen LogP contribution in [0.4, 0.5) is 0 Å². The average molecular weight is 444 g/mol. The van der Waals surface area contributed by atoms with E-state index in [4.69, 9.17) is 96.4 Å². The molecule has 0 aliphatic rings. The van der Waals surface area contributed by atoms with Crippen LogP contribution in [-0.2, 0) is 4.46 Å². The number of rotatable bonds is 0. The molecule has 27 heavy (non-hydrogen) atoms. The van der Waals surface area contributed by atoms with Gasteiger partial charge in [-0.25, -0.2) is 0 Å². The van der Waals surface area contributed by atoms with E-state index in [1.807, 2.05) is 0 Å². The smallest absolute Gasteiger partial charge is 4.00 e. The van der Waals surface area contributed by atoms with Crippen LogP contribution in [0.3, 0.4) is 0 Å². The molecule has 27 heteroatoms. The van der Waals surface area contributed by atoms with Gasteiger partial charge in [-0.05, 0) is 0 Å². The molecule has 0 aromatic heterocycles. The van der Waals surface area contributed by atoms with Gasteiger partial charge in [0.25, 0.3) is 0 Å². The van der Waals surface area contributed by atoms with E-state index in [9.17, 15) is 0 Å². The Morgan fingerprint density at radius 1 is 0.333 bits per heavy atom. The zero-order chi connectivity index (χ0) is 23.5. The summed E-state index contributed by atoms with van der Waals surface area (Å²) in [7, 11) is 1.72. The molecule has 0 rings (SSSR count). The molecule has 0 bridgehead atoms. The Balaban J connectivity index is -0.0000000260. The van der Waals surface area contributed by atoms with Crippen molar-refractivity contribution in [3.8, 4) is 0 Å². The van der Waals surface area contributed by atoms with Crippen LogP contribution in [0, 0.1) is 91.9 Å². The molecular weight excluding hydrogens is 444 g/mol. The summed E-state index contributed by atoms with van der Waals surface area (Å²) in [5.41, 5.74) is 0. The summed E-state index contributed by atoms with van der Waals surface area (Å²) in [6.45, 7) is 0. The van der Waals surface area contributed by atoms with Gasteiger partial charge >= 0.3 is 25.6 Å². The molecule has 0 heterocycles. The van der Waals surface area contributed by atoms with Gasteiger partial charge in [0, 0.05) is 0 Å². The number of hydrogen-bond donors (Lipinski definition) is 0. The molecule has 0 N–H and O–H groups in total. The minimum atomic E-state index is -1.75. The van der Waals surface area contributed by atoms with Crippen molar-refractivity contribution in [2.75, 3.05) is 0 Å². The van der Waals surface area contributed by atoms with Gasteiger partial charge in [-0.15, -0.1) is 0 Å². The fourth-order valence-corrected chi connectivity index (χ4v) is 0. The van der Waals surface area contributed by atoms with E-state index in [0.717, 1.165) is 0 Å². The van der Waals surface area contributed by atoms with Crippen molar-refractivity contribution in [1.29, 1.82) is 0 Å². The van der Waals surface area contributed by atoms with Crippen LogP contribution in [0.5, 0.6) is 0 Å². The first kappa shape index (κ1) is 49.5. The van der Waals surface area contributed by atoms with Gasteiger partial charge in [-0.1, -0.05) is 0 Å². The van der Waals surface area contributed by atoms with Crippen molar-refractivity contribution in [2.24, 2.45) is 0 Å². The Kier molecular flexibility index (Phi) is 90.9. The largest absolute Gasteiger partial charge is 4.00 e. The number of nitrogens with zero attached hydrogens (tertiary/aromatic N) is 6. The third kappa shape index (κ3) is 388. The van der Waals surface area contributed by atoms with E-state index < -0.39 is 30.5 Å². The summed E-state index contributed by atoms with van der Waals surface area (Å²) in [4.78, 5) is 49.5. The van der Waals surface area contributed by atoms with Crippen LogP contribution in [-0.4, -0.2) is 51.6 Å². The zero-order valence-electron chi connectivity index (χ0n) is 11.4.